The van der Waals surface area contributed by atoms with Crippen molar-refractivity contribution in [2.45, 2.75) is 31.9 Å². The third-order valence-corrected chi connectivity index (χ3v) is 3.30. The van der Waals surface area contributed by atoms with Gasteiger partial charge in [0, 0.05) is 17.5 Å². The molecule has 0 bridgehead atoms. The van der Waals surface area contributed by atoms with Crippen LogP contribution in [0.25, 0.3) is 0 Å². The molecule has 2 unspecified atom stereocenters. The minimum absolute atomic E-state index is 0.0294. The molecule has 2 rings (SSSR count). The van der Waals surface area contributed by atoms with Gasteiger partial charge in [0.1, 0.15) is 11.9 Å². The molecule has 18 heavy (non-hydrogen) atoms. The molecule has 2 N–H and O–H groups in total. The molecule has 0 saturated carbocycles. The minimum atomic E-state index is 0.0294. The molecule has 0 spiro atoms. The molecule has 1 aromatic carbocycles. The molecule has 5 heteroatoms. The summed E-state index contributed by atoms with van der Waals surface area (Å²) >= 11 is 12.2. The molecule has 0 aromatic heterocycles. The first kappa shape index (κ1) is 13.9. The summed E-state index contributed by atoms with van der Waals surface area (Å²) in [5.74, 6) is 0.689. The zero-order valence-corrected chi connectivity index (χ0v) is 11.8. The molecule has 1 aliphatic heterocycles. The van der Waals surface area contributed by atoms with E-state index in [2.05, 4.69) is 0 Å². The van der Waals surface area contributed by atoms with Gasteiger partial charge in [0.05, 0.1) is 18.2 Å². The summed E-state index contributed by atoms with van der Waals surface area (Å²) in [4.78, 5) is 0. The number of ether oxygens (including phenoxy) is 2. The van der Waals surface area contributed by atoms with Crippen molar-refractivity contribution in [2.75, 3.05) is 13.2 Å². The predicted octanol–water partition coefficient (Wildman–Crippen LogP) is 3.05. The summed E-state index contributed by atoms with van der Waals surface area (Å²) in [6, 6.07) is 3.59. The fraction of sp³-hybridized carbons (Fsp3) is 0.538. The van der Waals surface area contributed by atoms with E-state index in [1.807, 2.05) is 13.0 Å². The second-order valence-electron chi connectivity index (χ2n) is 4.66. The Balaban J connectivity index is 2.24. The zero-order chi connectivity index (χ0) is 13.1. The van der Waals surface area contributed by atoms with E-state index in [1.54, 1.807) is 6.07 Å². The van der Waals surface area contributed by atoms with Gasteiger partial charge in [-0.25, -0.2) is 0 Å². The second kappa shape index (κ2) is 6.11. The Morgan fingerprint density at radius 1 is 1.50 bits per heavy atom. The molecule has 0 radical (unpaired) electrons. The smallest absolute Gasteiger partial charge is 0.141 e. The third-order valence-electron chi connectivity index (χ3n) is 2.80. The van der Waals surface area contributed by atoms with Crippen molar-refractivity contribution in [3.63, 3.8) is 0 Å². The molecule has 1 fully saturated rings. The highest BCUT2D eigenvalue weighted by atomic mass is 35.5. The van der Waals surface area contributed by atoms with E-state index in [1.165, 1.54) is 0 Å². The van der Waals surface area contributed by atoms with Crippen LogP contribution in [0.5, 0.6) is 5.75 Å². The van der Waals surface area contributed by atoms with Crippen molar-refractivity contribution in [3.8, 4) is 5.75 Å². The average molecular weight is 290 g/mol. The lowest BCUT2D eigenvalue weighted by Gasteiger charge is -2.18. The molecular weight excluding hydrogens is 273 g/mol. The zero-order valence-electron chi connectivity index (χ0n) is 10.3. The fourth-order valence-electron chi connectivity index (χ4n) is 2.02. The van der Waals surface area contributed by atoms with Crippen molar-refractivity contribution in [1.82, 2.24) is 0 Å². The van der Waals surface area contributed by atoms with Gasteiger partial charge in [-0.3, -0.25) is 0 Å². The molecule has 2 atom stereocenters. The Morgan fingerprint density at radius 3 is 2.89 bits per heavy atom. The summed E-state index contributed by atoms with van der Waals surface area (Å²) in [6.45, 7) is 3.28. The highest BCUT2D eigenvalue weighted by Gasteiger charge is 2.21. The fourth-order valence-corrected chi connectivity index (χ4v) is 2.60. The van der Waals surface area contributed by atoms with E-state index in [4.69, 9.17) is 38.4 Å². The van der Waals surface area contributed by atoms with Crippen molar-refractivity contribution in [2.24, 2.45) is 5.73 Å². The Labute approximate surface area is 117 Å². The lowest BCUT2D eigenvalue weighted by atomic mass is 10.1. The van der Waals surface area contributed by atoms with Crippen LogP contribution in [0.4, 0.5) is 0 Å². The lowest BCUT2D eigenvalue weighted by Crippen LogP contribution is -2.21. The van der Waals surface area contributed by atoms with Crippen LogP contribution >= 0.6 is 23.2 Å². The third kappa shape index (κ3) is 3.51. The van der Waals surface area contributed by atoms with Gasteiger partial charge in [-0.15, -0.1) is 0 Å². The molecule has 1 aliphatic rings. The summed E-state index contributed by atoms with van der Waals surface area (Å²) in [5, 5.41) is 1.13. The van der Waals surface area contributed by atoms with Gasteiger partial charge in [-0.1, -0.05) is 23.2 Å². The van der Waals surface area contributed by atoms with Crippen LogP contribution < -0.4 is 10.5 Å². The van der Waals surface area contributed by atoms with E-state index in [-0.39, 0.29) is 12.1 Å². The van der Waals surface area contributed by atoms with Crippen LogP contribution in [0, 0.1) is 0 Å². The predicted molar refractivity (Wildman–Crippen MR) is 73.7 cm³/mol. The first-order valence-electron chi connectivity index (χ1n) is 6.04. The molecular formula is C13H17Cl2NO2. The maximum atomic E-state index is 6.21. The SMILES string of the molecule is CC(N)Cc1cc(Cl)cc(Cl)c1OC1CCOC1. The first-order valence-corrected chi connectivity index (χ1v) is 6.79. The Morgan fingerprint density at radius 2 is 2.28 bits per heavy atom. The van der Waals surface area contributed by atoms with Crippen molar-refractivity contribution in [1.29, 1.82) is 0 Å². The molecule has 100 valence electrons. The van der Waals surface area contributed by atoms with E-state index >= 15 is 0 Å². The van der Waals surface area contributed by atoms with Gasteiger partial charge in [-0.05, 0) is 31.0 Å². The number of nitrogens with two attached hydrogens (primary N) is 1. The van der Waals surface area contributed by atoms with Crippen LogP contribution in [-0.4, -0.2) is 25.4 Å². The van der Waals surface area contributed by atoms with Crippen LogP contribution in [0.1, 0.15) is 18.9 Å². The first-order chi connectivity index (χ1) is 8.56. The minimum Gasteiger partial charge on any atom is -0.486 e. The van der Waals surface area contributed by atoms with Gasteiger partial charge in [0.15, 0.2) is 0 Å². The summed E-state index contributed by atoms with van der Waals surface area (Å²) < 4.78 is 11.2. The number of hydrogen-bond donors (Lipinski definition) is 1. The molecule has 0 aliphatic carbocycles. The van der Waals surface area contributed by atoms with Crippen molar-refractivity contribution >= 4 is 23.2 Å². The molecule has 1 heterocycles. The highest BCUT2D eigenvalue weighted by molar-refractivity contribution is 6.35. The monoisotopic (exact) mass is 289 g/mol. The Kier molecular flexibility index (Phi) is 4.73. The van der Waals surface area contributed by atoms with Crippen LogP contribution in [0.15, 0.2) is 12.1 Å². The molecule has 3 nitrogen and oxygen atoms in total. The summed E-state index contributed by atoms with van der Waals surface area (Å²) in [5.41, 5.74) is 6.79. The highest BCUT2D eigenvalue weighted by Crippen LogP contribution is 2.34. The van der Waals surface area contributed by atoms with Crippen molar-refractivity contribution < 1.29 is 9.47 Å². The van der Waals surface area contributed by atoms with Gasteiger partial charge in [0.25, 0.3) is 0 Å². The van der Waals surface area contributed by atoms with E-state index < -0.39 is 0 Å². The molecule has 1 aromatic rings. The summed E-state index contributed by atoms with van der Waals surface area (Å²) in [7, 11) is 0. The molecule has 1 saturated heterocycles. The second-order valence-corrected chi connectivity index (χ2v) is 5.50. The van der Waals surface area contributed by atoms with E-state index in [9.17, 15) is 0 Å². The normalized spacial score (nSPS) is 21.0. The number of benzene rings is 1. The number of halogens is 2. The lowest BCUT2D eigenvalue weighted by molar-refractivity contribution is 0.140. The van der Waals surface area contributed by atoms with Crippen LogP contribution in [0.3, 0.4) is 0 Å². The largest absolute Gasteiger partial charge is 0.486 e. The molecule has 0 amide bonds. The topological polar surface area (TPSA) is 44.5 Å². The maximum absolute atomic E-state index is 6.21. The number of hydrogen-bond acceptors (Lipinski definition) is 3. The summed E-state index contributed by atoms with van der Waals surface area (Å²) in [6.07, 6.45) is 1.63. The van der Waals surface area contributed by atoms with Gasteiger partial charge in [0.2, 0.25) is 0 Å². The van der Waals surface area contributed by atoms with Gasteiger partial charge in [-0.2, -0.15) is 0 Å². The maximum Gasteiger partial charge on any atom is 0.141 e. The van der Waals surface area contributed by atoms with Crippen LogP contribution in [0.2, 0.25) is 10.0 Å². The average Bonchev–Trinajstić information content (AvgIpc) is 2.74. The standard InChI is InChI=1S/C13H17Cl2NO2/c1-8(16)4-9-5-10(14)6-12(15)13(9)18-11-2-3-17-7-11/h5-6,8,11H,2-4,7,16H2,1H3. The van der Waals surface area contributed by atoms with Crippen LogP contribution in [-0.2, 0) is 11.2 Å². The van der Waals surface area contributed by atoms with Gasteiger partial charge >= 0.3 is 0 Å². The Bertz CT molecular complexity index is 418. The number of rotatable bonds is 4. The quantitative estimate of drug-likeness (QED) is 0.927. The van der Waals surface area contributed by atoms with E-state index in [0.29, 0.717) is 28.8 Å². The van der Waals surface area contributed by atoms with E-state index in [0.717, 1.165) is 18.6 Å². The Hall–Kier alpha value is -0.480. The van der Waals surface area contributed by atoms with Crippen molar-refractivity contribution in [3.05, 3.63) is 27.7 Å². The van der Waals surface area contributed by atoms with Gasteiger partial charge < -0.3 is 15.2 Å².